The van der Waals surface area contributed by atoms with Crippen LogP contribution in [0, 0.1) is 0 Å². The maximum Gasteiger partial charge on any atom is 0.107 e. The highest BCUT2D eigenvalue weighted by Gasteiger charge is 1.97. The van der Waals surface area contributed by atoms with Gasteiger partial charge >= 0.3 is 0 Å². The summed E-state index contributed by atoms with van der Waals surface area (Å²) in [5, 5.41) is 2.78. The number of hydrogen-bond acceptors (Lipinski definition) is 4. The lowest BCUT2D eigenvalue weighted by Crippen LogP contribution is -2.26. The van der Waals surface area contributed by atoms with Gasteiger partial charge in [-0.2, -0.15) is 0 Å². The molecular formula is C12H17BrFN3O. The zero-order valence-corrected chi connectivity index (χ0v) is 11.5. The van der Waals surface area contributed by atoms with Crippen molar-refractivity contribution in [1.82, 2.24) is 10.7 Å². The summed E-state index contributed by atoms with van der Waals surface area (Å²) >= 11 is 3.37. The first-order chi connectivity index (χ1) is 8.76. The average Bonchev–Trinajstić information content (AvgIpc) is 2.39. The number of ether oxygens (including phenoxy) is 1. The molecule has 0 saturated carbocycles. The molecule has 4 nitrogen and oxygen atoms in total. The van der Waals surface area contributed by atoms with Gasteiger partial charge in [0.2, 0.25) is 0 Å². The fourth-order valence-corrected chi connectivity index (χ4v) is 1.50. The van der Waals surface area contributed by atoms with Gasteiger partial charge in [0.25, 0.3) is 0 Å². The van der Waals surface area contributed by atoms with E-state index in [4.69, 9.17) is 10.6 Å². The van der Waals surface area contributed by atoms with Crippen molar-refractivity contribution in [2.45, 2.75) is 6.61 Å². The summed E-state index contributed by atoms with van der Waals surface area (Å²) in [6, 6.07) is 7.87. The number of nitrogens with two attached hydrogens (primary N) is 1. The van der Waals surface area contributed by atoms with Gasteiger partial charge in [0, 0.05) is 17.2 Å². The highest BCUT2D eigenvalue weighted by atomic mass is 79.9. The van der Waals surface area contributed by atoms with Gasteiger partial charge in [0.1, 0.15) is 6.67 Å². The van der Waals surface area contributed by atoms with Crippen LogP contribution >= 0.6 is 15.9 Å². The van der Waals surface area contributed by atoms with E-state index in [0.29, 0.717) is 18.9 Å². The third-order valence-corrected chi connectivity index (χ3v) is 2.67. The van der Waals surface area contributed by atoms with Crippen molar-refractivity contribution in [3.8, 4) is 0 Å². The van der Waals surface area contributed by atoms with E-state index in [1.54, 1.807) is 6.20 Å². The van der Waals surface area contributed by atoms with Crippen LogP contribution < -0.4 is 16.6 Å². The van der Waals surface area contributed by atoms with Gasteiger partial charge in [-0.05, 0) is 17.7 Å². The highest BCUT2D eigenvalue weighted by Crippen LogP contribution is 2.11. The van der Waals surface area contributed by atoms with Crippen molar-refractivity contribution in [2.75, 3.05) is 19.8 Å². The first kappa shape index (κ1) is 14.9. The molecule has 1 rings (SSSR count). The number of rotatable bonds is 8. The maximum atomic E-state index is 11.9. The maximum absolute atomic E-state index is 11.9. The Morgan fingerprint density at radius 1 is 1.39 bits per heavy atom. The molecule has 0 fully saturated rings. The van der Waals surface area contributed by atoms with Gasteiger partial charge in [-0.15, -0.1) is 0 Å². The third-order valence-electron chi connectivity index (χ3n) is 2.14. The minimum atomic E-state index is -0.423. The number of hydrazine groups is 1. The van der Waals surface area contributed by atoms with Crippen LogP contribution in [0.1, 0.15) is 5.56 Å². The molecule has 4 N–H and O–H groups in total. The fraction of sp³-hybridized carbons (Fsp3) is 0.333. The minimum Gasteiger partial charge on any atom is -0.387 e. The van der Waals surface area contributed by atoms with Crippen molar-refractivity contribution in [3.05, 3.63) is 46.2 Å². The van der Waals surface area contributed by atoms with E-state index in [0.717, 1.165) is 10.0 Å². The van der Waals surface area contributed by atoms with Gasteiger partial charge in [0.15, 0.2) is 0 Å². The van der Waals surface area contributed by atoms with Gasteiger partial charge in [-0.25, -0.2) is 4.39 Å². The van der Waals surface area contributed by atoms with Crippen LogP contribution in [-0.4, -0.2) is 19.8 Å². The lowest BCUT2D eigenvalue weighted by molar-refractivity contribution is 0.138. The molecule has 6 heteroatoms. The molecule has 0 saturated heterocycles. The van der Waals surface area contributed by atoms with E-state index in [2.05, 4.69) is 26.7 Å². The summed E-state index contributed by atoms with van der Waals surface area (Å²) in [4.78, 5) is 0. The van der Waals surface area contributed by atoms with Gasteiger partial charge in [-0.1, -0.05) is 28.1 Å². The largest absolute Gasteiger partial charge is 0.387 e. The molecule has 0 bridgehead atoms. The molecule has 0 aromatic heterocycles. The van der Waals surface area contributed by atoms with Crippen molar-refractivity contribution in [1.29, 1.82) is 0 Å². The number of nitrogens with one attached hydrogen (secondary N) is 2. The SMILES string of the molecule is NN/C(=C\NCCF)COCc1ccc(Br)cc1. The van der Waals surface area contributed by atoms with Crippen molar-refractivity contribution >= 4 is 15.9 Å². The van der Waals surface area contributed by atoms with E-state index >= 15 is 0 Å². The number of benzene rings is 1. The van der Waals surface area contributed by atoms with E-state index in [1.165, 1.54) is 0 Å². The molecule has 1 aromatic rings. The van der Waals surface area contributed by atoms with Crippen LogP contribution in [0.4, 0.5) is 4.39 Å². The lowest BCUT2D eigenvalue weighted by atomic mass is 10.2. The average molecular weight is 318 g/mol. The molecule has 100 valence electrons. The summed E-state index contributed by atoms with van der Waals surface area (Å²) in [6.07, 6.45) is 1.61. The predicted molar refractivity (Wildman–Crippen MR) is 73.2 cm³/mol. The van der Waals surface area contributed by atoms with E-state index < -0.39 is 6.67 Å². The van der Waals surface area contributed by atoms with Crippen LogP contribution in [0.2, 0.25) is 0 Å². The van der Waals surface area contributed by atoms with E-state index in [9.17, 15) is 4.39 Å². The van der Waals surface area contributed by atoms with Crippen LogP contribution in [-0.2, 0) is 11.3 Å². The van der Waals surface area contributed by atoms with E-state index in [1.807, 2.05) is 24.3 Å². The van der Waals surface area contributed by atoms with Gasteiger partial charge < -0.3 is 15.5 Å². The number of halogens is 2. The second kappa shape index (κ2) is 8.91. The van der Waals surface area contributed by atoms with Crippen molar-refractivity contribution in [2.24, 2.45) is 5.84 Å². The smallest absolute Gasteiger partial charge is 0.107 e. The van der Waals surface area contributed by atoms with Gasteiger partial charge in [0.05, 0.1) is 18.9 Å². The molecule has 1 aromatic carbocycles. The topological polar surface area (TPSA) is 59.3 Å². The third kappa shape index (κ3) is 6.00. The molecule has 0 atom stereocenters. The summed E-state index contributed by atoms with van der Waals surface area (Å²) in [6.45, 7) is 0.674. The molecule has 0 aliphatic rings. The molecule has 0 spiro atoms. The molecule has 0 amide bonds. The molecule has 0 aliphatic heterocycles. The second-order valence-electron chi connectivity index (χ2n) is 3.58. The van der Waals surface area contributed by atoms with Crippen LogP contribution in [0.15, 0.2) is 40.6 Å². The molecule has 0 unspecified atom stereocenters. The summed E-state index contributed by atoms with van der Waals surface area (Å²) in [5.41, 5.74) is 4.24. The quantitative estimate of drug-likeness (QED) is 0.389. The van der Waals surface area contributed by atoms with E-state index in [-0.39, 0.29) is 6.54 Å². The van der Waals surface area contributed by atoms with Crippen LogP contribution in [0.3, 0.4) is 0 Å². The molecule has 0 aliphatic carbocycles. The van der Waals surface area contributed by atoms with Crippen molar-refractivity contribution in [3.63, 3.8) is 0 Å². The Bertz CT molecular complexity index is 370. The molecule has 0 heterocycles. The lowest BCUT2D eigenvalue weighted by Gasteiger charge is -2.08. The second-order valence-corrected chi connectivity index (χ2v) is 4.49. The Morgan fingerprint density at radius 3 is 2.72 bits per heavy atom. The Hall–Kier alpha value is -1.11. The summed E-state index contributed by atoms with van der Waals surface area (Å²) in [7, 11) is 0. The fourth-order valence-electron chi connectivity index (χ4n) is 1.23. The minimum absolute atomic E-state index is 0.262. The van der Waals surface area contributed by atoms with Crippen molar-refractivity contribution < 1.29 is 9.13 Å². The Balaban J connectivity index is 2.30. The first-order valence-corrected chi connectivity index (χ1v) is 6.32. The Labute approximate surface area is 114 Å². The van der Waals surface area contributed by atoms with Gasteiger partial charge in [-0.3, -0.25) is 5.84 Å². The first-order valence-electron chi connectivity index (χ1n) is 5.53. The Kier molecular flexibility index (Phi) is 7.40. The molecular weight excluding hydrogens is 301 g/mol. The molecule has 18 heavy (non-hydrogen) atoms. The monoisotopic (exact) mass is 317 g/mol. The summed E-state index contributed by atoms with van der Waals surface area (Å²) in [5.74, 6) is 5.32. The zero-order chi connectivity index (χ0) is 13.2. The number of alkyl halides is 1. The zero-order valence-electron chi connectivity index (χ0n) is 9.96. The molecule has 0 radical (unpaired) electrons. The van der Waals surface area contributed by atoms with Crippen LogP contribution in [0.25, 0.3) is 0 Å². The van der Waals surface area contributed by atoms with Crippen LogP contribution in [0.5, 0.6) is 0 Å². The number of hydrogen-bond donors (Lipinski definition) is 3. The normalized spacial score (nSPS) is 11.4. The highest BCUT2D eigenvalue weighted by molar-refractivity contribution is 9.10. The summed E-state index contributed by atoms with van der Waals surface area (Å²) < 4.78 is 18.4. The predicted octanol–water partition coefficient (Wildman–Crippen LogP) is 1.83. The standard InChI is InChI=1S/C12H17BrFN3O/c13-11-3-1-10(2-4-11)8-18-9-12(17-15)7-16-6-5-14/h1-4,7,16-17H,5-6,8-9,15H2/b12-7-. The Morgan fingerprint density at radius 2 is 2.11 bits per heavy atom.